The average Bonchev–Trinajstić information content (AvgIpc) is 3.34. The summed E-state index contributed by atoms with van der Waals surface area (Å²) in [6.07, 6.45) is 1.22. The van der Waals surface area contributed by atoms with E-state index in [1.165, 1.54) is 0 Å². The summed E-state index contributed by atoms with van der Waals surface area (Å²) in [6.45, 7) is 4.27. The minimum absolute atomic E-state index is 0.104. The van der Waals surface area contributed by atoms with Gasteiger partial charge in [0.05, 0.1) is 12.2 Å². The first-order valence-electron chi connectivity index (χ1n) is 10.3. The van der Waals surface area contributed by atoms with Gasteiger partial charge >= 0.3 is 6.03 Å². The number of amides is 3. The molecule has 31 heavy (non-hydrogen) atoms. The van der Waals surface area contributed by atoms with Gasteiger partial charge in [-0.3, -0.25) is 9.69 Å². The molecule has 1 fully saturated rings. The summed E-state index contributed by atoms with van der Waals surface area (Å²) in [7, 11) is 0. The van der Waals surface area contributed by atoms with E-state index in [1.54, 1.807) is 0 Å². The first kappa shape index (κ1) is 20.6. The normalized spacial score (nSPS) is 18.3. The van der Waals surface area contributed by atoms with Crippen LogP contribution in [-0.2, 0) is 16.9 Å². The van der Waals surface area contributed by atoms with Crippen LogP contribution >= 0.6 is 0 Å². The molecule has 1 aliphatic heterocycles. The van der Waals surface area contributed by atoms with Crippen LogP contribution in [0.25, 0.3) is 11.4 Å². The van der Waals surface area contributed by atoms with Crippen LogP contribution in [0.1, 0.15) is 38.1 Å². The molecule has 1 aliphatic rings. The van der Waals surface area contributed by atoms with Crippen molar-refractivity contribution in [3.63, 3.8) is 0 Å². The lowest BCUT2D eigenvalue weighted by molar-refractivity contribution is -0.132. The van der Waals surface area contributed by atoms with E-state index >= 15 is 0 Å². The third-order valence-corrected chi connectivity index (χ3v) is 5.26. The van der Waals surface area contributed by atoms with Gasteiger partial charge in [-0.15, -0.1) is 0 Å². The number of ether oxygens (including phenoxy) is 1. The monoisotopic (exact) mass is 420 g/mol. The largest absolute Gasteiger partial charge is 0.493 e. The minimum Gasteiger partial charge on any atom is -0.493 e. The smallest absolute Gasteiger partial charge is 0.325 e. The van der Waals surface area contributed by atoms with Crippen molar-refractivity contribution >= 4 is 11.9 Å². The molecule has 1 saturated heterocycles. The van der Waals surface area contributed by atoms with Gasteiger partial charge in [-0.25, -0.2) is 4.79 Å². The van der Waals surface area contributed by atoms with E-state index in [0.717, 1.165) is 16.9 Å². The third kappa shape index (κ3) is 3.76. The van der Waals surface area contributed by atoms with Gasteiger partial charge in [-0.05, 0) is 31.0 Å². The number of imide groups is 1. The highest BCUT2D eigenvalue weighted by Crippen LogP contribution is 2.34. The van der Waals surface area contributed by atoms with E-state index in [1.807, 2.05) is 68.4 Å². The molecular formula is C23H24N4O4. The van der Waals surface area contributed by atoms with E-state index in [4.69, 9.17) is 9.26 Å². The maximum absolute atomic E-state index is 13.4. The zero-order valence-electron chi connectivity index (χ0n) is 17.5. The molecule has 1 N–H and O–H groups in total. The van der Waals surface area contributed by atoms with Crippen molar-refractivity contribution in [2.75, 3.05) is 6.61 Å². The number of carbonyl (C=O) groups excluding carboxylic acids is 2. The number of hydrogen-bond acceptors (Lipinski definition) is 6. The highest BCUT2D eigenvalue weighted by molar-refractivity contribution is 6.07. The Balaban J connectivity index is 1.60. The average molecular weight is 420 g/mol. The second-order valence-electron chi connectivity index (χ2n) is 7.28. The molecule has 2 aromatic carbocycles. The number of aromatic nitrogens is 2. The van der Waals surface area contributed by atoms with Crippen LogP contribution in [0.3, 0.4) is 0 Å². The number of urea groups is 1. The van der Waals surface area contributed by atoms with Crippen LogP contribution < -0.4 is 10.1 Å². The number of nitrogens with one attached hydrogen (secondary N) is 1. The van der Waals surface area contributed by atoms with Crippen molar-refractivity contribution in [1.82, 2.24) is 20.4 Å². The van der Waals surface area contributed by atoms with Crippen molar-refractivity contribution in [2.24, 2.45) is 0 Å². The molecule has 8 heteroatoms. The van der Waals surface area contributed by atoms with Gasteiger partial charge < -0.3 is 14.6 Å². The molecule has 2 heterocycles. The topological polar surface area (TPSA) is 97.6 Å². The lowest BCUT2D eigenvalue weighted by Crippen LogP contribution is -2.43. The number of hydrogen-bond donors (Lipinski definition) is 1. The van der Waals surface area contributed by atoms with Crippen LogP contribution in [-0.4, -0.2) is 33.6 Å². The molecule has 0 saturated carbocycles. The molecule has 1 unspecified atom stereocenters. The number of para-hydroxylation sites is 1. The maximum Gasteiger partial charge on any atom is 0.325 e. The van der Waals surface area contributed by atoms with Gasteiger partial charge in [-0.2, -0.15) is 4.98 Å². The summed E-state index contributed by atoms with van der Waals surface area (Å²) in [4.78, 5) is 31.7. The van der Waals surface area contributed by atoms with Crippen LogP contribution in [0, 0.1) is 0 Å². The third-order valence-electron chi connectivity index (χ3n) is 5.26. The highest BCUT2D eigenvalue weighted by atomic mass is 16.5. The van der Waals surface area contributed by atoms with E-state index in [0.29, 0.717) is 30.2 Å². The summed E-state index contributed by atoms with van der Waals surface area (Å²) in [6, 6.07) is 16.2. The molecular weight excluding hydrogens is 396 g/mol. The standard InChI is InChI=1S/C23H24N4O4/c1-3-14-23(16-10-6-5-7-11-16)21(28)27(22(29)25-23)15-19-24-20(26-31-19)17-12-8-9-13-18(17)30-4-2/h5-13H,3-4,14-15H2,1-2H3,(H,25,29). The Morgan fingerprint density at radius 2 is 1.81 bits per heavy atom. The van der Waals surface area contributed by atoms with Crippen LogP contribution in [0.5, 0.6) is 5.75 Å². The number of benzene rings is 2. The molecule has 8 nitrogen and oxygen atoms in total. The van der Waals surface area contributed by atoms with Gasteiger partial charge in [0.25, 0.3) is 5.91 Å². The highest BCUT2D eigenvalue weighted by Gasteiger charge is 2.52. The van der Waals surface area contributed by atoms with E-state index < -0.39 is 11.6 Å². The molecule has 0 spiro atoms. The molecule has 0 radical (unpaired) electrons. The quantitative estimate of drug-likeness (QED) is 0.556. The zero-order chi connectivity index (χ0) is 21.8. The fourth-order valence-corrected chi connectivity index (χ4v) is 3.87. The van der Waals surface area contributed by atoms with Gasteiger partial charge in [0, 0.05) is 0 Å². The predicted octanol–water partition coefficient (Wildman–Crippen LogP) is 3.88. The molecule has 1 atom stereocenters. The molecule has 1 aromatic heterocycles. The summed E-state index contributed by atoms with van der Waals surface area (Å²) < 4.78 is 11.0. The van der Waals surface area contributed by atoms with E-state index in [9.17, 15) is 9.59 Å². The lowest BCUT2D eigenvalue weighted by atomic mass is 9.85. The Bertz CT molecular complexity index is 1080. The van der Waals surface area contributed by atoms with Crippen molar-refractivity contribution < 1.29 is 18.8 Å². The summed E-state index contributed by atoms with van der Waals surface area (Å²) >= 11 is 0. The Kier molecular flexibility index (Phi) is 5.70. The summed E-state index contributed by atoms with van der Waals surface area (Å²) in [5.41, 5.74) is 0.355. The van der Waals surface area contributed by atoms with Gasteiger partial charge in [-0.1, -0.05) is 61.0 Å². The Morgan fingerprint density at radius 3 is 2.55 bits per heavy atom. The SMILES string of the molecule is CCCC1(c2ccccc2)NC(=O)N(Cc2nc(-c3ccccc3OCC)no2)C1=O. The van der Waals surface area contributed by atoms with E-state index in [2.05, 4.69) is 15.5 Å². The van der Waals surface area contributed by atoms with Crippen molar-refractivity contribution in [3.8, 4) is 17.1 Å². The number of carbonyl (C=O) groups is 2. The minimum atomic E-state index is -1.09. The molecule has 0 bridgehead atoms. The maximum atomic E-state index is 13.4. The fraction of sp³-hybridized carbons (Fsp3) is 0.304. The number of nitrogens with zero attached hydrogens (tertiary/aromatic N) is 3. The van der Waals surface area contributed by atoms with Crippen LogP contribution in [0.2, 0.25) is 0 Å². The first-order chi connectivity index (χ1) is 15.1. The summed E-state index contributed by atoms with van der Waals surface area (Å²) in [5.74, 6) is 0.831. The zero-order valence-corrected chi connectivity index (χ0v) is 17.5. The lowest BCUT2D eigenvalue weighted by Gasteiger charge is -2.26. The van der Waals surface area contributed by atoms with E-state index in [-0.39, 0.29) is 18.3 Å². The Morgan fingerprint density at radius 1 is 1.06 bits per heavy atom. The van der Waals surface area contributed by atoms with Crippen LogP contribution in [0.15, 0.2) is 59.1 Å². The second kappa shape index (κ2) is 8.59. The van der Waals surface area contributed by atoms with Gasteiger partial charge in [0.1, 0.15) is 17.8 Å². The predicted molar refractivity (Wildman–Crippen MR) is 113 cm³/mol. The number of rotatable bonds is 8. The van der Waals surface area contributed by atoms with Crippen LogP contribution in [0.4, 0.5) is 4.79 Å². The Hall–Kier alpha value is -3.68. The first-order valence-corrected chi connectivity index (χ1v) is 10.3. The van der Waals surface area contributed by atoms with Gasteiger partial charge in [0.2, 0.25) is 11.7 Å². The molecule has 3 amide bonds. The molecule has 160 valence electrons. The van der Waals surface area contributed by atoms with Crippen molar-refractivity contribution in [3.05, 3.63) is 66.1 Å². The van der Waals surface area contributed by atoms with Gasteiger partial charge in [0.15, 0.2) is 0 Å². The molecule has 4 rings (SSSR count). The fourth-order valence-electron chi connectivity index (χ4n) is 3.87. The molecule has 3 aromatic rings. The van der Waals surface area contributed by atoms with Crippen molar-refractivity contribution in [1.29, 1.82) is 0 Å². The molecule has 0 aliphatic carbocycles. The summed E-state index contributed by atoms with van der Waals surface area (Å²) in [5, 5.41) is 6.91. The Labute approximate surface area is 180 Å². The second-order valence-corrected chi connectivity index (χ2v) is 7.28. The van der Waals surface area contributed by atoms with Crippen molar-refractivity contribution in [2.45, 2.75) is 38.8 Å².